The lowest BCUT2D eigenvalue weighted by molar-refractivity contribution is 0.0906. The number of aliphatic imine (C=N–C) groups is 1. The molecule has 0 spiro atoms. The fourth-order valence-corrected chi connectivity index (χ4v) is 3.19. The van der Waals surface area contributed by atoms with E-state index in [0.717, 1.165) is 64.9 Å². The Hall–Kier alpha value is -1.63. The van der Waals surface area contributed by atoms with Crippen molar-refractivity contribution in [3.63, 3.8) is 0 Å². The molecule has 27 heavy (non-hydrogen) atoms. The van der Waals surface area contributed by atoms with Crippen molar-refractivity contribution in [3.05, 3.63) is 35.9 Å². The average Bonchev–Trinajstić information content (AvgIpc) is 3.15. The van der Waals surface area contributed by atoms with Crippen LogP contribution in [0.3, 0.4) is 0 Å². The smallest absolute Gasteiger partial charge is 0.193 e. The second-order valence-electron chi connectivity index (χ2n) is 7.13. The molecular formula is C21H36N4O2. The maximum absolute atomic E-state index is 5.94. The third kappa shape index (κ3) is 8.28. The summed E-state index contributed by atoms with van der Waals surface area (Å²) in [4.78, 5) is 9.44. The molecule has 0 bridgehead atoms. The number of benzene rings is 1. The van der Waals surface area contributed by atoms with Crippen LogP contribution in [0.25, 0.3) is 0 Å². The van der Waals surface area contributed by atoms with Crippen molar-refractivity contribution in [2.24, 2.45) is 10.9 Å². The van der Waals surface area contributed by atoms with Gasteiger partial charge in [0.1, 0.15) is 0 Å². The van der Waals surface area contributed by atoms with Crippen LogP contribution in [0.4, 0.5) is 0 Å². The average molecular weight is 377 g/mol. The molecule has 1 aliphatic rings. The standard InChI is InChI=1S/C21H36N4O2/c1-4-22-21(23-11-13-24(2)14-15-26-3)25-12-10-20(16-25)18-27-17-19-8-6-5-7-9-19/h5-9,20H,4,10-18H2,1-3H3,(H,22,23). The molecule has 1 N–H and O–H groups in total. The molecule has 1 heterocycles. The first-order chi connectivity index (χ1) is 13.2. The lowest BCUT2D eigenvalue weighted by atomic mass is 10.1. The van der Waals surface area contributed by atoms with Crippen molar-refractivity contribution in [1.29, 1.82) is 0 Å². The van der Waals surface area contributed by atoms with Crippen molar-refractivity contribution in [3.8, 4) is 0 Å². The molecule has 1 aromatic rings. The van der Waals surface area contributed by atoms with Gasteiger partial charge in [-0.25, -0.2) is 0 Å². The Labute approximate surface area is 164 Å². The van der Waals surface area contributed by atoms with Crippen LogP contribution in [-0.4, -0.2) is 82.4 Å². The summed E-state index contributed by atoms with van der Waals surface area (Å²) in [5.74, 6) is 1.60. The largest absolute Gasteiger partial charge is 0.383 e. The van der Waals surface area contributed by atoms with Gasteiger partial charge in [0, 0.05) is 45.8 Å². The van der Waals surface area contributed by atoms with Gasteiger partial charge < -0.3 is 24.6 Å². The van der Waals surface area contributed by atoms with Gasteiger partial charge in [-0.05, 0) is 26.0 Å². The number of nitrogens with one attached hydrogen (secondary N) is 1. The van der Waals surface area contributed by atoms with Crippen LogP contribution in [0.15, 0.2) is 35.3 Å². The van der Waals surface area contributed by atoms with Crippen molar-refractivity contribution in [2.75, 3.05) is 66.6 Å². The Morgan fingerprint density at radius 2 is 2.11 bits per heavy atom. The monoisotopic (exact) mass is 376 g/mol. The van der Waals surface area contributed by atoms with Gasteiger partial charge in [-0.2, -0.15) is 0 Å². The number of nitrogens with zero attached hydrogens (tertiary/aromatic N) is 3. The zero-order chi connectivity index (χ0) is 19.3. The Bertz CT molecular complexity index is 538. The summed E-state index contributed by atoms with van der Waals surface area (Å²) in [6.45, 7) is 10.0. The molecule has 152 valence electrons. The minimum Gasteiger partial charge on any atom is -0.383 e. The van der Waals surface area contributed by atoms with Crippen molar-refractivity contribution in [1.82, 2.24) is 15.1 Å². The summed E-state index contributed by atoms with van der Waals surface area (Å²) < 4.78 is 11.1. The molecule has 0 saturated carbocycles. The van der Waals surface area contributed by atoms with E-state index in [-0.39, 0.29) is 0 Å². The van der Waals surface area contributed by atoms with Gasteiger partial charge in [0.15, 0.2) is 5.96 Å². The molecule has 0 radical (unpaired) electrons. The van der Waals surface area contributed by atoms with E-state index in [1.807, 2.05) is 6.07 Å². The van der Waals surface area contributed by atoms with Gasteiger partial charge in [0.05, 0.1) is 26.4 Å². The minimum absolute atomic E-state index is 0.571. The molecule has 1 atom stereocenters. The summed E-state index contributed by atoms with van der Waals surface area (Å²) >= 11 is 0. The van der Waals surface area contributed by atoms with Crippen LogP contribution in [0, 0.1) is 5.92 Å². The molecule has 1 saturated heterocycles. The van der Waals surface area contributed by atoms with Gasteiger partial charge in [-0.3, -0.25) is 4.99 Å². The maximum Gasteiger partial charge on any atom is 0.193 e. The van der Waals surface area contributed by atoms with E-state index in [0.29, 0.717) is 12.5 Å². The van der Waals surface area contributed by atoms with Gasteiger partial charge in [0.25, 0.3) is 0 Å². The minimum atomic E-state index is 0.571. The number of guanidine groups is 1. The number of rotatable bonds is 11. The van der Waals surface area contributed by atoms with E-state index in [1.54, 1.807) is 7.11 Å². The molecule has 0 amide bonds. The quantitative estimate of drug-likeness (QED) is 0.473. The van der Waals surface area contributed by atoms with Crippen LogP contribution in [0.2, 0.25) is 0 Å². The molecular weight excluding hydrogens is 340 g/mol. The van der Waals surface area contributed by atoms with E-state index in [9.17, 15) is 0 Å². The number of likely N-dealkylation sites (tertiary alicyclic amines) is 1. The van der Waals surface area contributed by atoms with Gasteiger partial charge in [-0.1, -0.05) is 30.3 Å². The van der Waals surface area contributed by atoms with E-state index >= 15 is 0 Å². The first-order valence-corrected chi connectivity index (χ1v) is 10.0. The summed E-state index contributed by atoms with van der Waals surface area (Å²) in [6.07, 6.45) is 1.16. The molecule has 1 fully saturated rings. The maximum atomic E-state index is 5.94. The summed E-state index contributed by atoms with van der Waals surface area (Å²) in [7, 11) is 3.85. The predicted molar refractivity (Wildman–Crippen MR) is 111 cm³/mol. The topological polar surface area (TPSA) is 49.3 Å². The third-order valence-corrected chi connectivity index (χ3v) is 4.81. The molecule has 0 aliphatic carbocycles. The van der Waals surface area contributed by atoms with E-state index < -0.39 is 0 Å². The van der Waals surface area contributed by atoms with Crippen LogP contribution in [-0.2, 0) is 16.1 Å². The normalized spacial score (nSPS) is 17.7. The van der Waals surface area contributed by atoms with Crippen molar-refractivity contribution < 1.29 is 9.47 Å². The van der Waals surface area contributed by atoms with E-state index in [4.69, 9.17) is 14.5 Å². The van der Waals surface area contributed by atoms with E-state index in [2.05, 4.69) is 53.4 Å². The SMILES string of the molecule is CCNC(=NCCN(C)CCOC)N1CCC(COCc2ccccc2)C1. The highest BCUT2D eigenvalue weighted by Crippen LogP contribution is 2.17. The van der Waals surface area contributed by atoms with Crippen LogP contribution >= 0.6 is 0 Å². The highest BCUT2D eigenvalue weighted by Gasteiger charge is 2.24. The van der Waals surface area contributed by atoms with Gasteiger partial charge in [0.2, 0.25) is 0 Å². The predicted octanol–water partition coefficient (Wildman–Crippen LogP) is 2.07. The molecule has 2 rings (SSSR count). The number of methoxy groups -OCH3 is 1. The highest BCUT2D eigenvalue weighted by atomic mass is 16.5. The van der Waals surface area contributed by atoms with Crippen LogP contribution < -0.4 is 5.32 Å². The van der Waals surface area contributed by atoms with Crippen LogP contribution in [0.1, 0.15) is 18.9 Å². The fraction of sp³-hybridized carbons (Fsp3) is 0.667. The van der Waals surface area contributed by atoms with Gasteiger partial charge in [-0.15, -0.1) is 0 Å². The molecule has 1 aliphatic heterocycles. The zero-order valence-electron chi connectivity index (χ0n) is 17.2. The third-order valence-electron chi connectivity index (χ3n) is 4.81. The lowest BCUT2D eigenvalue weighted by Gasteiger charge is -2.22. The first kappa shape index (κ1) is 21.7. The first-order valence-electron chi connectivity index (χ1n) is 10.0. The molecule has 1 aromatic carbocycles. The molecule has 6 heteroatoms. The second kappa shape index (κ2) is 12.7. The summed E-state index contributed by atoms with van der Waals surface area (Å²) in [5, 5.41) is 3.44. The second-order valence-corrected chi connectivity index (χ2v) is 7.13. The number of hydrogen-bond acceptors (Lipinski definition) is 4. The number of ether oxygens (including phenoxy) is 2. The van der Waals surface area contributed by atoms with Crippen molar-refractivity contribution >= 4 is 5.96 Å². The molecule has 1 unspecified atom stereocenters. The van der Waals surface area contributed by atoms with Gasteiger partial charge >= 0.3 is 0 Å². The summed E-state index contributed by atoms with van der Waals surface area (Å²) in [6, 6.07) is 10.4. The zero-order valence-corrected chi connectivity index (χ0v) is 17.2. The van der Waals surface area contributed by atoms with E-state index in [1.165, 1.54) is 5.56 Å². The fourth-order valence-electron chi connectivity index (χ4n) is 3.19. The molecule has 0 aromatic heterocycles. The Morgan fingerprint density at radius 1 is 1.30 bits per heavy atom. The lowest BCUT2D eigenvalue weighted by Crippen LogP contribution is -2.40. The Balaban J connectivity index is 1.72. The Morgan fingerprint density at radius 3 is 2.85 bits per heavy atom. The number of hydrogen-bond donors (Lipinski definition) is 1. The van der Waals surface area contributed by atoms with Crippen molar-refractivity contribution in [2.45, 2.75) is 20.0 Å². The molecule has 6 nitrogen and oxygen atoms in total. The highest BCUT2D eigenvalue weighted by molar-refractivity contribution is 5.80. The summed E-state index contributed by atoms with van der Waals surface area (Å²) in [5.41, 5.74) is 1.24. The Kier molecular flexibility index (Phi) is 10.2. The number of likely N-dealkylation sites (N-methyl/N-ethyl adjacent to an activating group) is 1. The van der Waals surface area contributed by atoms with Crippen LogP contribution in [0.5, 0.6) is 0 Å².